The Morgan fingerprint density at radius 2 is 2.04 bits per heavy atom. The van der Waals surface area contributed by atoms with Crippen LogP contribution < -0.4 is 15.4 Å². The molecule has 1 aromatic rings. The molecule has 1 heterocycles. The minimum atomic E-state index is -2.82. The smallest absolute Gasteiger partial charge is 0.387 e. The summed E-state index contributed by atoms with van der Waals surface area (Å²) in [4.78, 5) is 6.61. The zero-order chi connectivity index (χ0) is 19.0. The van der Waals surface area contributed by atoms with Gasteiger partial charge in [0.2, 0.25) is 0 Å². The molecule has 0 radical (unpaired) electrons. The van der Waals surface area contributed by atoms with Crippen molar-refractivity contribution < 1.29 is 18.3 Å². The van der Waals surface area contributed by atoms with Gasteiger partial charge in [-0.3, -0.25) is 9.89 Å². The molecule has 0 bridgehead atoms. The van der Waals surface area contributed by atoms with Gasteiger partial charge >= 0.3 is 6.61 Å². The number of ether oxygens (including phenoxy) is 2. The van der Waals surface area contributed by atoms with Crippen molar-refractivity contribution in [2.75, 3.05) is 39.9 Å². The molecular weight excluding hydrogens is 342 g/mol. The molecule has 0 unspecified atom stereocenters. The number of hydrogen-bond acceptors (Lipinski definition) is 4. The van der Waals surface area contributed by atoms with Gasteiger partial charge < -0.3 is 20.1 Å². The van der Waals surface area contributed by atoms with Gasteiger partial charge in [0, 0.05) is 38.8 Å². The fourth-order valence-corrected chi connectivity index (χ4v) is 2.82. The van der Waals surface area contributed by atoms with Gasteiger partial charge in [-0.2, -0.15) is 8.78 Å². The van der Waals surface area contributed by atoms with Crippen LogP contribution in [0.15, 0.2) is 29.3 Å². The fourth-order valence-electron chi connectivity index (χ4n) is 2.82. The van der Waals surface area contributed by atoms with E-state index in [1.807, 2.05) is 6.07 Å². The molecule has 1 fully saturated rings. The van der Waals surface area contributed by atoms with Crippen LogP contribution in [-0.4, -0.2) is 62.9 Å². The topological polar surface area (TPSA) is 58.1 Å². The molecule has 1 aliphatic heterocycles. The van der Waals surface area contributed by atoms with Crippen LogP contribution in [0.4, 0.5) is 8.78 Å². The Morgan fingerprint density at radius 1 is 1.31 bits per heavy atom. The second-order valence-corrected chi connectivity index (χ2v) is 6.72. The Bertz CT molecular complexity index is 590. The summed E-state index contributed by atoms with van der Waals surface area (Å²) in [5.74, 6) is 0.808. The molecule has 0 amide bonds. The lowest BCUT2D eigenvalue weighted by atomic mass is 10.0. The number of rotatable bonds is 7. The Labute approximate surface area is 153 Å². The van der Waals surface area contributed by atoms with Crippen LogP contribution in [0.25, 0.3) is 0 Å². The van der Waals surface area contributed by atoms with Crippen LogP contribution >= 0.6 is 0 Å². The molecule has 146 valence electrons. The van der Waals surface area contributed by atoms with Crippen molar-refractivity contribution in [3.63, 3.8) is 0 Å². The van der Waals surface area contributed by atoms with E-state index in [9.17, 15) is 8.78 Å². The van der Waals surface area contributed by atoms with Crippen molar-refractivity contribution in [2.24, 2.45) is 4.99 Å². The van der Waals surface area contributed by atoms with E-state index in [4.69, 9.17) is 4.74 Å². The Morgan fingerprint density at radius 3 is 2.69 bits per heavy atom. The number of aliphatic imine (C=N–C) groups is 1. The van der Waals surface area contributed by atoms with Gasteiger partial charge in [-0.25, -0.2) is 0 Å². The van der Waals surface area contributed by atoms with E-state index >= 15 is 0 Å². The highest BCUT2D eigenvalue weighted by Gasteiger charge is 2.28. The summed E-state index contributed by atoms with van der Waals surface area (Å²) < 4.78 is 34.4. The summed E-state index contributed by atoms with van der Waals surface area (Å²) in [6, 6.07) is 6.63. The van der Waals surface area contributed by atoms with Crippen LogP contribution in [0.1, 0.15) is 19.4 Å². The normalized spacial score (nSPS) is 16.6. The third-order valence-electron chi connectivity index (χ3n) is 4.36. The molecule has 0 atom stereocenters. The lowest BCUT2D eigenvalue weighted by molar-refractivity contribution is -0.0498. The molecule has 8 heteroatoms. The maximum Gasteiger partial charge on any atom is 0.387 e. The van der Waals surface area contributed by atoms with E-state index < -0.39 is 6.61 Å². The number of morpholine rings is 1. The van der Waals surface area contributed by atoms with Crippen molar-refractivity contribution >= 4 is 5.96 Å². The number of hydrogen-bond donors (Lipinski definition) is 2. The molecule has 6 nitrogen and oxygen atoms in total. The van der Waals surface area contributed by atoms with Crippen LogP contribution in [0.2, 0.25) is 0 Å². The maximum absolute atomic E-state index is 12.3. The molecule has 0 spiro atoms. The van der Waals surface area contributed by atoms with E-state index in [1.165, 1.54) is 6.07 Å². The molecule has 1 saturated heterocycles. The summed E-state index contributed by atoms with van der Waals surface area (Å²) in [5.41, 5.74) is 0.797. The number of nitrogens with one attached hydrogen (secondary N) is 2. The SMILES string of the molecule is CN=C(NCc1cccc(OC(F)F)c1)NCC(C)(C)N1CCOCC1. The van der Waals surface area contributed by atoms with Gasteiger partial charge in [0.1, 0.15) is 5.75 Å². The largest absolute Gasteiger partial charge is 0.435 e. The lowest BCUT2D eigenvalue weighted by Gasteiger charge is -2.41. The Balaban J connectivity index is 1.84. The standard InChI is InChI=1S/C18H28F2N4O2/c1-18(2,24-7-9-25-10-8-24)13-23-17(21-3)22-12-14-5-4-6-15(11-14)26-16(19)20/h4-6,11,16H,7-10,12-13H2,1-3H3,(H2,21,22,23). The fraction of sp³-hybridized carbons (Fsp3) is 0.611. The van der Waals surface area contributed by atoms with Crippen molar-refractivity contribution in [2.45, 2.75) is 32.5 Å². The molecule has 0 aromatic heterocycles. The second kappa shape index (κ2) is 9.68. The van der Waals surface area contributed by atoms with E-state index in [2.05, 4.69) is 39.1 Å². The summed E-state index contributed by atoms with van der Waals surface area (Å²) in [6.07, 6.45) is 0. The monoisotopic (exact) mass is 370 g/mol. The minimum Gasteiger partial charge on any atom is -0.435 e. The zero-order valence-electron chi connectivity index (χ0n) is 15.6. The molecule has 26 heavy (non-hydrogen) atoms. The van der Waals surface area contributed by atoms with Crippen molar-refractivity contribution in [1.29, 1.82) is 0 Å². The predicted molar refractivity (Wildman–Crippen MR) is 97.7 cm³/mol. The summed E-state index contributed by atoms with van der Waals surface area (Å²) in [7, 11) is 1.70. The van der Waals surface area contributed by atoms with Crippen molar-refractivity contribution in [3.8, 4) is 5.75 Å². The van der Waals surface area contributed by atoms with Gasteiger partial charge in [-0.05, 0) is 31.5 Å². The first kappa shape index (κ1) is 20.4. The van der Waals surface area contributed by atoms with Gasteiger partial charge in [0.25, 0.3) is 0 Å². The Kier molecular flexibility index (Phi) is 7.59. The average molecular weight is 370 g/mol. The molecule has 0 saturated carbocycles. The molecule has 2 rings (SSSR count). The molecule has 0 aliphatic carbocycles. The number of halogens is 2. The third kappa shape index (κ3) is 6.42. The van der Waals surface area contributed by atoms with Gasteiger partial charge in [0.05, 0.1) is 13.2 Å². The van der Waals surface area contributed by atoms with Gasteiger partial charge in [0.15, 0.2) is 5.96 Å². The van der Waals surface area contributed by atoms with E-state index in [0.29, 0.717) is 12.5 Å². The molecule has 1 aliphatic rings. The van der Waals surface area contributed by atoms with Crippen LogP contribution in [0.3, 0.4) is 0 Å². The van der Waals surface area contributed by atoms with Gasteiger partial charge in [-0.1, -0.05) is 12.1 Å². The van der Waals surface area contributed by atoms with E-state index in [1.54, 1.807) is 19.2 Å². The van der Waals surface area contributed by atoms with E-state index in [-0.39, 0.29) is 11.3 Å². The third-order valence-corrected chi connectivity index (χ3v) is 4.36. The van der Waals surface area contributed by atoms with E-state index in [0.717, 1.165) is 38.4 Å². The molecule has 1 aromatic carbocycles. The molecule has 2 N–H and O–H groups in total. The molecular formula is C18H28F2N4O2. The predicted octanol–water partition coefficient (Wildman–Crippen LogP) is 2.06. The average Bonchev–Trinajstić information content (AvgIpc) is 2.62. The quantitative estimate of drug-likeness (QED) is 0.568. The second-order valence-electron chi connectivity index (χ2n) is 6.72. The van der Waals surface area contributed by atoms with Gasteiger partial charge in [-0.15, -0.1) is 0 Å². The summed E-state index contributed by atoms with van der Waals surface area (Å²) in [5, 5.41) is 6.52. The number of nitrogens with zero attached hydrogens (tertiary/aromatic N) is 2. The maximum atomic E-state index is 12.3. The van der Waals surface area contributed by atoms with Crippen LogP contribution in [0.5, 0.6) is 5.75 Å². The lowest BCUT2D eigenvalue weighted by Crippen LogP contribution is -2.56. The zero-order valence-corrected chi connectivity index (χ0v) is 15.6. The first-order chi connectivity index (χ1) is 12.4. The van der Waals surface area contributed by atoms with Crippen molar-refractivity contribution in [1.82, 2.24) is 15.5 Å². The first-order valence-corrected chi connectivity index (χ1v) is 8.72. The Hall–Kier alpha value is -1.93. The highest BCUT2D eigenvalue weighted by Crippen LogP contribution is 2.16. The summed E-state index contributed by atoms with van der Waals surface area (Å²) in [6.45, 7) is 6.07. The van der Waals surface area contributed by atoms with Crippen LogP contribution in [0, 0.1) is 0 Å². The van der Waals surface area contributed by atoms with Crippen LogP contribution in [-0.2, 0) is 11.3 Å². The number of alkyl halides is 2. The van der Waals surface area contributed by atoms with Crippen molar-refractivity contribution in [3.05, 3.63) is 29.8 Å². The number of benzene rings is 1. The number of guanidine groups is 1. The highest BCUT2D eigenvalue weighted by atomic mass is 19.3. The first-order valence-electron chi connectivity index (χ1n) is 8.72. The highest BCUT2D eigenvalue weighted by molar-refractivity contribution is 5.79. The summed E-state index contributed by atoms with van der Waals surface area (Å²) >= 11 is 0. The minimum absolute atomic E-state index is 0.0353.